The fraction of sp³-hybridized carbons (Fsp3) is 0.333. The van der Waals surface area contributed by atoms with E-state index in [0.717, 1.165) is 56.3 Å². The second-order valence-electron chi connectivity index (χ2n) is 6.65. The molecule has 25 heavy (non-hydrogen) atoms. The zero-order valence-corrected chi connectivity index (χ0v) is 14.4. The maximum absolute atomic E-state index is 9.10. The van der Waals surface area contributed by atoms with Crippen LogP contribution < -0.4 is 4.74 Å². The number of ether oxygens (including phenoxy) is 1. The summed E-state index contributed by atoms with van der Waals surface area (Å²) in [4.78, 5) is 4.81. The van der Waals surface area contributed by atoms with Gasteiger partial charge in [-0.25, -0.2) is 0 Å². The van der Waals surface area contributed by atoms with Crippen molar-refractivity contribution in [3.8, 4) is 11.5 Å². The molecule has 0 radical (unpaired) electrons. The average Bonchev–Trinajstić information content (AvgIpc) is 2.80. The summed E-state index contributed by atoms with van der Waals surface area (Å²) in [5.41, 5.74) is 3.61. The lowest BCUT2D eigenvalue weighted by Gasteiger charge is -2.34. The van der Waals surface area contributed by atoms with Crippen molar-refractivity contribution < 1.29 is 9.84 Å². The number of rotatable bonds is 4. The standard InChI is InChI=1S/C21H24N2O2/c24-14-13-22-9-11-23(12-10-22)16-18-15-17-5-1-3-7-20(17)25-21-8-4-2-6-19(18)21/h1-8,15,24H,9-14,16H2. The van der Waals surface area contributed by atoms with Gasteiger partial charge in [0.2, 0.25) is 0 Å². The van der Waals surface area contributed by atoms with E-state index < -0.39 is 0 Å². The summed E-state index contributed by atoms with van der Waals surface area (Å²) in [6.07, 6.45) is 2.27. The molecule has 1 fully saturated rings. The van der Waals surface area contributed by atoms with Gasteiger partial charge in [-0.15, -0.1) is 0 Å². The van der Waals surface area contributed by atoms with Crippen LogP contribution in [-0.4, -0.2) is 60.8 Å². The number of hydrogen-bond donors (Lipinski definition) is 1. The summed E-state index contributed by atoms with van der Waals surface area (Å²) in [6.45, 7) is 6.03. The van der Waals surface area contributed by atoms with Crippen molar-refractivity contribution in [2.45, 2.75) is 0 Å². The fourth-order valence-electron chi connectivity index (χ4n) is 3.58. The number of piperazine rings is 1. The monoisotopic (exact) mass is 336 g/mol. The number of benzene rings is 2. The SMILES string of the molecule is OCCN1CCN(CC2=Cc3ccccc3Oc3ccccc32)CC1. The topological polar surface area (TPSA) is 35.9 Å². The third-order valence-corrected chi connectivity index (χ3v) is 4.98. The summed E-state index contributed by atoms with van der Waals surface area (Å²) in [7, 11) is 0. The first kappa shape index (κ1) is 16.3. The molecule has 4 rings (SSSR count). The third kappa shape index (κ3) is 3.61. The van der Waals surface area contributed by atoms with Crippen LogP contribution in [0.25, 0.3) is 11.6 Å². The molecule has 1 N–H and O–H groups in total. The number of hydrogen-bond acceptors (Lipinski definition) is 4. The van der Waals surface area contributed by atoms with Gasteiger partial charge in [0.25, 0.3) is 0 Å². The van der Waals surface area contributed by atoms with Gasteiger partial charge in [0.1, 0.15) is 11.5 Å². The van der Waals surface area contributed by atoms with Gasteiger partial charge < -0.3 is 9.84 Å². The molecule has 0 aromatic heterocycles. The highest BCUT2D eigenvalue weighted by Gasteiger charge is 2.21. The van der Waals surface area contributed by atoms with E-state index in [9.17, 15) is 0 Å². The Balaban J connectivity index is 1.58. The van der Waals surface area contributed by atoms with Crippen molar-refractivity contribution >= 4 is 11.6 Å². The van der Waals surface area contributed by atoms with Crippen LogP contribution in [0.15, 0.2) is 48.5 Å². The first-order valence-electron chi connectivity index (χ1n) is 8.96. The number of para-hydroxylation sites is 2. The molecule has 0 atom stereocenters. The van der Waals surface area contributed by atoms with Crippen LogP contribution in [0.4, 0.5) is 0 Å². The van der Waals surface area contributed by atoms with E-state index in [-0.39, 0.29) is 6.61 Å². The Labute approximate surface area is 148 Å². The zero-order valence-electron chi connectivity index (χ0n) is 14.4. The fourth-order valence-corrected chi connectivity index (χ4v) is 3.58. The number of aliphatic hydroxyl groups is 1. The van der Waals surface area contributed by atoms with Crippen LogP contribution in [0.1, 0.15) is 11.1 Å². The maximum atomic E-state index is 9.10. The first-order chi connectivity index (χ1) is 12.3. The first-order valence-corrected chi connectivity index (χ1v) is 8.96. The molecule has 4 nitrogen and oxygen atoms in total. The zero-order chi connectivity index (χ0) is 17.1. The van der Waals surface area contributed by atoms with E-state index >= 15 is 0 Å². The van der Waals surface area contributed by atoms with Crippen molar-refractivity contribution in [1.82, 2.24) is 9.80 Å². The van der Waals surface area contributed by atoms with Gasteiger partial charge in [0.05, 0.1) is 6.61 Å². The molecule has 0 amide bonds. The lowest BCUT2D eigenvalue weighted by Crippen LogP contribution is -2.47. The molecule has 4 heteroatoms. The molecule has 0 unspecified atom stereocenters. The van der Waals surface area contributed by atoms with E-state index in [4.69, 9.17) is 9.84 Å². The van der Waals surface area contributed by atoms with E-state index in [2.05, 4.69) is 40.1 Å². The number of fused-ring (bicyclic) bond motifs is 2. The minimum absolute atomic E-state index is 0.243. The largest absolute Gasteiger partial charge is 0.456 e. The molecule has 0 spiro atoms. The molecule has 2 aliphatic heterocycles. The summed E-state index contributed by atoms with van der Waals surface area (Å²) in [5.74, 6) is 1.84. The highest BCUT2D eigenvalue weighted by molar-refractivity contribution is 5.88. The highest BCUT2D eigenvalue weighted by atomic mass is 16.5. The van der Waals surface area contributed by atoms with E-state index in [1.807, 2.05) is 24.3 Å². The molecular weight excluding hydrogens is 312 g/mol. The molecule has 2 aliphatic rings. The smallest absolute Gasteiger partial charge is 0.135 e. The van der Waals surface area contributed by atoms with E-state index in [1.54, 1.807) is 0 Å². The Morgan fingerprint density at radius 1 is 0.840 bits per heavy atom. The minimum atomic E-state index is 0.243. The highest BCUT2D eigenvalue weighted by Crippen LogP contribution is 2.38. The van der Waals surface area contributed by atoms with Crippen LogP contribution in [-0.2, 0) is 0 Å². The van der Waals surface area contributed by atoms with Gasteiger partial charge in [-0.05, 0) is 23.8 Å². The average molecular weight is 336 g/mol. The van der Waals surface area contributed by atoms with Crippen LogP contribution >= 0.6 is 0 Å². The molecule has 0 aliphatic carbocycles. The third-order valence-electron chi connectivity index (χ3n) is 4.98. The van der Waals surface area contributed by atoms with Gasteiger partial charge in [-0.3, -0.25) is 9.80 Å². The van der Waals surface area contributed by atoms with Crippen molar-refractivity contribution in [3.63, 3.8) is 0 Å². The van der Waals surface area contributed by atoms with Crippen LogP contribution in [0.2, 0.25) is 0 Å². The van der Waals surface area contributed by atoms with E-state index in [0.29, 0.717) is 0 Å². The summed E-state index contributed by atoms with van der Waals surface area (Å²) in [6, 6.07) is 16.5. The normalized spacial score (nSPS) is 17.9. The Kier molecular flexibility index (Phi) is 4.83. The second kappa shape index (κ2) is 7.40. The molecule has 0 bridgehead atoms. The molecular formula is C21H24N2O2. The number of nitrogens with zero attached hydrogens (tertiary/aromatic N) is 2. The minimum Gasteiger partial charge on any atom is -0.456 e. The Morgan fingerprint density at radius 3 is 2.32 bits per heavy atom. The molecule has 2 aromatic rings. The summed E-state index contributed by atoms with van der Waals surface area (Å²) in [5, 5.41) is 9.10. The molecule has 2 heterocycles. The molecule has 0 saturated carbocycles. The predicted octanol–water partition coefficient (Wildman–Crippen LogP) is 2.94. The molecule has 1 saturated heterocycles. The second-order valence-corrected chi connectivity index (χ2v) is 6.65. The maximum Gasteiger partial charge on any atom is 0.135 e. The van der Waals surface area contributed by atoms with Gasteiger partial charge in [-0.1, -0.05) is 36.4 Å². The Bertz CT molecular complexity index is 764. The van der Waals surface area contributed by atoms with Gasteiger partial charge in [-0.2, -0.15) is 0 Å². The Hall–Kier alpha value is -2.14. The lowest BCUT2D eigenvalue weighted by atomic mass is 10.0. The lowest BCUT2D eigenvalue weighted by molar-refractivity contribution is 0.121. The van der Waals surface area contributed by atoms with Gasteiger partial charge in [0, 0.05) is 50.4 Å². The van der Waals surface area contributed by atoms with Crippen molar-refractivity contribution in [1.29, 1.82) is 0 Å². The quantitative estimate of drug-likeness (QED) is 0.931. The van der Waals surface area contributed by atoms with Crippen LogP contribution in [0.5, 0.6) is 11.5 Å². The number of β-amino-alcohol motifs (C(OH)–C–C–N with tert-alkyl or cyclic N) is 1. The summed E-state index contributed by atoms with van der Waals surface area (Å²) < 4.78 is 6.16. The predicted molar refractivity (Wildman–Crippen MR) is 101 cm³/mol. The van der Waals surface area contributed by atoms with Gasteiger partial charge >= 0.3 is 0 Å². The van der Waals surface area contributed by atoms with Gasteiger partial charge in [0.15, 0.2) is 0 Å². The van der Waals surface area contributed by atoms with E-state index in [1.165, 1.54) is 11.1 Å². The Morgan fingerprint density at radius 2 is 1.52 bits per heavy atom. The van der Waals surface area contributed by atoms with Crippen molar-refractivity contribution in [2.75, 3.05) is 45.9 Å². The van der Waals surface area contributed by atoms with Crippen molar-refractivity contribution in [3.05, 3.63) is 59.7 Å². The van der Waals surface area contributed by atoms with Crippen LogP contribution in [0.3, 0.4) is 0 Å². The molecule has 130 valence electrons. The molecule has 2 aromatic carbocycles. The van der Waals surface area contributed by atoms with Crippen molar-refractivity contribution in [2.24, 2.45) is 0 Å². The van der Waals surface area contributed by atoms with Crippen LogP contribution in [0, 0.1) is 0 Å². The summed E-state index contributed by atoms with van der Waals surface area (Å²) >= 11 is 0. The number of aliphatic hydroxyl groups excluding tert-OH is 1.